The predicted molar refractivity (Wildman–Crippen MR) is 123 cm³/mol. The van der Waals surface area contributed by atoms with Crippen molar-refractivity contribution < 1.29 is 19.1 Å². The fraction of sp³-hybridized carbons (Fsp3) is 0.261. The van der Waals surface area contributed by atoms with Gasteiger partial charge in [-0.1, -0.05) is 22.0 Å². The van der Waals surface area contributed by atoms with Crippen LogP contribution < -0.4 is 20.3 Å². The highest BCUT2D eigenvalue weighted by atomic mass is 79.9. The lowest BCUT2D eigenvalue weighted by atomic mass is 10.1. The Morgan fingerprint density at radius 1 is 1.26 bits per heavy atom. The van der Waals surface area contributed by atoms with Gasteiger partial charge in [-0.2, -0.15) is 0 Å². The van der Waals surface area contributed by atoms with Crippen LogP contribution in [0.1, 0.15) is 12.0 Å². The second kappa shape index (κ2) is 10.3. The third-order valence-corrected chi connectivity index (χ3v) is 5.77. The van der Waals surface area contributed by atoms with Gasteiger partial charge in [0.2, 0.25) is 11.8 Å². The van der Waals surface area contributed by atoms with Crippen LogP contribution in [0.3, 0.4) is 0 Å². The molecule has 162 valence electrons. The predicted octanol–water partition coefficient (Wildman–Crippen LogP) is 3.43. The number of aryl methyl sites for hydroxylation is 1. The third-order valence-electron chi connectivity index (χ3n) is 4.88. The summed E-state index contributed by atoms with van der Waals surface area (Å²) in [6, 6.07) is 12.4. The van der Waals surface area contributed by atoms with E-state index < -0.39 is 0 Å². The van der Waals surface area contributed by atoms with E-state index in [0.29, 0.717) is 30.2 Å². The Kier molecular flexibility index (Phi) is 7.46. The van der Waals surface area contributed by atoms with Crippen LogP contribution in [0.2, 0.25) is 0 Å². The Bertz CT molecular complexity index is 991. The van der Waals surface area contributed by atoms with E-state index in [1.807, 2.05) is 25.1 Å². The number of hydrogen-bond donors (Lipinski definition) is 2. The average molecular weight is 486 g/mol. The number of carbonyl (C=O) groups is 3. The molecule has 0 aromatic heterocycles. The first-order chi connectivity index (χ1) is 14.9. The molecule has 0 radical (unpaired) electrons. The summed E-state index contributed by atoms with van der Waals surface area (Å²) < 4.78 is 6.52. The molecule has 1 unspecified atom stereocenters. The number of nitrogens with one attached hydrogen (secondary N) is 2. The van der Waals surface area contributed by atoms with Crippen LogP contribution in [0.15, 0.2) is 59.6 Å². The maximum Gasteiger partial charge on any atom is 0.262 e. The van der Waals surface area contributed by atoms with Gasteiger partial charge in [0, 0.05) is 35.4 Å². The van der Waals surface area contributed by atoms with Gasteiger partial charge >= 0.3 is 0 Å². The SMILES string of the molecule is C=CCNC(=O)C1CC(=O)N(c2ccc(OCC(=O)Nc3ccc(Br)c(C)c3)cc2)C1. The van der Waals surface area contributed by atoms with Crippen LogP contribution in [0.4, 0.5) is 11.4 Å². The highest BCUT2D eigenvalue weighted by molar-refractivity contribution is 9.10. The molecule has 2 aromatic carbocycles. The number of ether oxygens (including phenoxy) is 1. The van der Waals surface area contributed by atoms with E-state index >= 15 is 0 Å². The molecule has 2 aromatic rings. The molecule has 0 bridgehead atoms. The smallest absolute Gasteiger partial charge is 0.262 e. The summed E-state index contributed by atoms with van der Waals surface area (Å²) in [6.07, 6.45) is 1.78. The Labute approximate surface area is 189 Å². The van der Waals surface area contributed by atoms with E-state index in [2.05, 4.69) is 33.1 Å². The molecule has 0 aliphatic carbocycles. The highest BCUT2D eigenvalue weighted by Gasteiger charge is 2.34. The molecule has 2 N–H and O–H groups in total. The van der Waals surface area contributed by atoms with Crippen LogP contribution in [-0.2, 0) is 14.4 Å². The van der Waals surface area contributed by atoms with Gasteiger partial charge in [0.05, 0.1) is 5.92 Å². The third kappa shape index (κ3) is 5.95. The summed E-state index contributed by atoms with van der Waals surface area (Å²) in [5.74, 6) is -0.389. The van der Waals surface area contributed by atoms with Gasteiger partial charge in [-0.3, -0.25) is 14.4 Å². The minimum atomic E-state index is -0.380. The number of rotatable bonds is 8. The van der Waals surface area contributed by atoms with Crippen molar-refractivity contribution >= 4 is 45.0 Å². The molecule has 7 nitrogen and oxygen atoms in total. The molecule has 3 amide bonds. The topological polar surface area (TPSA) is 87.7 Å². The summed E-state index contributed by atoms with van der Waals surface area (Å²) in [6.45, 7) is 6.08. The molecule has 0 saturated carbocycles. The monoisotopic (exact) mass is 485 g/mol. The molecular formula is C23H24BrN3O4. The number of halogens is 1. The maximum atomic E-state index is 12.3. The minimum absolute atomic E-state index is 0.100. The number of benzene rings is 2. The Balaban J connectivity index is 1.52. The van der Waals surface area contributed by atoms with Crippen molar-refractivity contribution in [2.24, 2.45) is 5.92 Å². The molecule has 31 heavy (non-hydrogen) atoms. The van der Waals surface area contributed by atoms with Crippen molar-refractivity contribution in [1.29, 1.82) is 0 Å². The van der Waals surface area contributed by atoms with E-state index in [9.17, 15) is 14.4 Å². The molecule has 1 aliphatic rings. The summed E-state index contributed by atoms with van der Waals surface area (Å²) in [4.78, 5) is 38.1. The number of amides is 3. The van der Waals surface area contributed by atoms with Crippen LogP contribution in [0, 0.1) is 12.8 Å². The van der Waals surface area contributed by atoms with Crippen LogP contribution in [-0.4, -0.2) is 37.4 Å². The Morgan fingerprint density at radius 2 is 2.00 bits per heavy atom. The molecule has 1 fully saturated rings. The van der Waals surface area contributed by atoms with Crippen molar-refractivity contribution in [1.82, 2.24) is 5.32 Å². The van der Waals surface area contributed by atoms with Gasteiger partial charge in [-0.15, -0.1) is 6.58 Å². The molecule has 0 spiro atoms. The summed E-state index contributed by atoms with van der Waals surface area (Å²) >= 11 is 3.43. The van der Waals surface area contributed by atoms with Gasteiger partial charge in [0.1, 0.15) is 5.75 Å². The zero-order valence-corrected chi connectivity index (χ0v) is 18.8. The van der Waals surface area contributed by atoms with Gasteiger partial charge in [0.15, 0.2) is 6.61 Å². The summed E-state index contributed by atoms with van der Waals surface area (Å²) in [5, 5.41) is 5.52. The minimum Gasteiger partial charge on any atom is -0.484 e. The largest absolute Gasteiger partial charge is 0.484 e. The molecular weight excluding hydrogens is 462 g/mol. The van der Waals surface area contributed by atoms with Crippen molar-refractivity contribution in [3.05, 3.63) is 65.2 Å². The summed E-state index contributed by atoms with van der Waals surface area (Å²) in [7, 11) is 0. The zero-order chi connectivity index (χ0) is 22.4. The molecule has 1 saturated heterocycles. The van der Waals surface area contributed by atoms with Gasteiger partial charge in [0.25, 0.3) is 5.91 Å². The van der Waals surface area contributed by atoms with Crippen molar-refractivity contribution in [3.8, 4) is 5.75 Å². The first-order valence-electron chi connectivity index (χ1n) is 9.85. The fourth-order valence-electron chi connectivity index (χ4n) is 3.24. The molecule has 8 heteroatoms. The van der Waals surface area contributed by atoms with Gasteiger partial charge in [-0.05, 0) is 55.0 Å². The number of carbonyl (C=O) groups excluding carboxylic acids is 3. The van der Waals surface area contributed by atoms with Gasteiger partial charge in [-0.25, -0.2) is 0 Å². The van der Waals surface area contributed by atoms with E-state index in [1.165, 1.54) is 0 Å². The van der Waals surface area contributed by atoms with E-state index in [0.717, 1.165) is 10.0 Å². The molecule has 1 atom stereocenters. The summed E-state index contributed by atoms with van der Waals surface area (Å²) in [5.41, 5.74) is 2.40. The first-order valence-corrected chi connectivity index (χ1v) is 10.6. The zero-order valence-electron chi connectivity index (χ0n) is 17.2. The highest BCUT2D eigenvalue weighted by Crippen LogP contribution is 2.27. The second-order valence-electron chi connectivity index (χ2n) is 7.23. The standard InChI is InChI=1S/C23H24BrN3O4/c1-3-10-25-23(30)16-12-22(29)27(13-16)18-5-7-19(8-6-18)31-14-21(28)26-17-4-9-20(24)15(2)11-17/h3-9,11,16H,1,10,12-14H2,2H3,(H,25,30)(H,26,28). The van der Waals surface area contributed by atoms with Crippen LogP contribution >= 0.6 is 15.9 Å². The second-order valence-corrected chi connectivity index (χ2v) is 8.09. The Morgan fingerprint density at radius 3 is 2.68 bits per heavy atom. The first kappa shape index (κ1) is 22.6. The number of nitrogens with zero attached hydrogens (tertiary/aromatic N) is 1. The van der Waals surface area contributed by atoms with Crippen molar-refractivity contribution in [2.75, 3.05) is 29.9 Å². The van der Waals surface area contributed by atoms with E-state index in [-0.39, 0.29) is 36.7 Å². The maximum absolute atomic E-state index is 12.3. The molecule has 1 heterocycles. The molecule has 3 rings (SSSR count). The number of hydrogen-bond acceptors (Lipinski definition) is 4. The fourth-order valence-corrected chi connectivity index (χ4v) is 3.49. The average Bonchev–Trinajstić information content (AvgIpc) is 3.15. The van der Waals surface area contributed by atoms with Crippen molar-refractivity contribution in [2.45, 2.75) is 13.3 Å². The quantitative estimate of drug-likeness (QED) is 0.560. The Hall–Kier alpha value is -3.13. The lowest BCUT2D eigenvalue weighted by Crippen LogP contribution is -2.32. The van der Waals surface area contributed by atoms with E-state index in [4.69, 9.17) is 4.74 Å². The van der Waals surface area contributed by atoms with Crippen molar-refractivity contribution in [3.63, 3.8) is 0 Å². The normalized spacial score (nSPS) is 15.5. The van der Waals surface area contributed by atoms with Crippen LogP contribution in [0.25, 0.3) is 0 Å². The van der Waals surface area contributed by atoms with Gasteiger partial charge < -0.3 is 20.3 Å². The molecule has 1 aliphatic heterocycles. The lowest BCUT2D eigenvalue weighted by molar-refractivity contribution is -0.126. The van der Waals surface area contributed by atoms with Crippen LogP contribution in [0.5, 0.6) is 5.75 Å². The lowest BCUT2D eigenvalue weighted by Gasteiger charge is -2.17. The number of anilines is 2. The van der Waals surface area contributed by atoms with E-state index in [1.54, 1.807) is 35.2 Å².